The molecular weight excluding hydrogens is 415 g/mol. The van der Waals surface area contributed by atoms with Gasteiger partial charge in [-0.25, -0.2) is 4.99 Å². The minimum atomic E-state index is 0. The standard InChI is InChI=1S/C18H32N4O.HI/c1-4-19-17(20-11-16(23)22(2)3)21-12-18-8-13-5-14(9-18)7-15(6-13)10-18;/h13-15H,4-12H2,1-3H3,(H2,19,20,21);1H. The molecule has 0 aromatic heterocycles. The number of guanidine groups is 1. The van der Waals surface area contributed by atoms with Crippen LogP contribution in [0.15, 0.2) is 4.99 Å². The second kappa shape index (κ2) is 8.23. The van der Waals surface area contributed by atoms with Gasteiger partial charge >= 0.3 is 0 Å². The van der Waals surface area contributed by atoms with Crippen molar-refractivity contribution in [2.75, 3.05) is 33.7 Å². The van der Waals surface area contributed by atoms with Gasteiger partial charge in [0, 0.05) is 27.2 Å². The van der Waals surface area contributed by atoms with Gasteiger partial charge in [-0.2, -0.15) is 0 Å². The number of carbonyl (C=O) groups excluding carboxylic acids is 1. The third-order valence-corrected chi connectivity index (χ3v) is 6.01. The second-order valence-corrected chi connectivity index (χ2v) is 8.25. The number of hydrogen-bond donors (Lipinski definition) is 2. The van der Waals surface area contributed by atoms with Crippen LogP contribution in [0.4, 0.5) is 0 Å². The molecule has 4 saturated carbocycles. The van der Waals surface area contributed by atoms with Gasteiger partial charge in [-0.1, -0.05) is 0 Å². The highest BCUT2D eigenvalue weighted by molar-refractivity contribution is 14.0. The summed E-state index contributed by atoms with van der Waals surface area (Å²) in [6.45, 7) is 4.11. The molecule has 0 aliphatic heterocycles. The predicted octanol–water partition coefficient (Wildman–Crippen LogP) is 2.46. The Morgan fingerprint density at radius 2 is 1.62 bits per heavy atom. The summed E-state index contributed by atoms with van der Waals surface area (Å²) in [5.41, 5.74) is 0.483. The van der Waals surface area contributed by atoms with Gasteiger partial charge in [0.15, 0.2) is 5.96 Å². The Labute approximate surface area is 163 Å². The number of amides is 1. The van der Waals surface area contributed by atoms with Gasteiger partial charge in [-0.3, -0.25) is 4.79 Å². The van der Waals surface area contributed by atoms with Crippen molar-refractivity contribution in [2.24, 2.45) is 28.2 Å². The minimum absolute atomic E-state index is 0. The van der Waals surface area contributed by atoms with E-state index < -0.39 is 0 Å². The molecule has 0 aromatic rings. The number of nitrogens with zero attached hydrogens (tertiary/aromatic N) is 2. The lowest BCUT2D eigenvalue weighted by Crippen LogP contribution is -2.52. The average Bonchev–Trinajstić information content (AvgIpc) is 2.48. The van der Waals surface area contributed by atoms with E-state index in [4.69, 9.17) is 0 Å². The Hall–Kier alpha value is -0.530. The summed E-state index contributed by atoms with van der Waals surface area (Å²) in [6.07, 6.45) is 8.60. The molecule has 4 rings (SSSR count). The fourth-order valence-electron chi connectivity index (χ4n) is 5.41. The highest BCUT2D eigenvalue weighted by Gasteiger charge is 2.50. The molecule has 0 saturated heterocycles. The lowest BCUT2D eigenvalue weighted by molar-refractivity contribution is -0.127. The third-order valence-electron chi connectivity index (χ3n) is 6.01. The SMILES string of the molecule is CCNC(=NCC(=O)N(C)C)NCC12CC3CC(CC(C3)C1)C2.I. The van der Waals surface area contributed by atoms with Crippen molar-refractivity contribution < 1.29 is 4.79 Å². The van der Waals surface area contributed by atoms with E-state index in [0.717, 1.165) is 36.8 Å². The molecule has 4 aliphatic carbocycles. The summed E-state index contributed by atoms with van der Waals surface area (Å²) >= 11 is 0. The maximum Gasteiger partial charge on any atom is 0.243 e. The summed E-state index contributed by atoms with van der Waals surface area (Å²) in [5, 5.41) is 6.82. The number of halogens is 1. The van der Waals surface area contributed by atoms with Crippen LogP contribution < -0.4 is 10.6 Å². The smallest absolute Gasteiger partial charge is 0.243 e. The van der Waals surface area contributed by atoms with Gasteiger partial charge in [0.1, 0.15) is 6.54 Å². The summed E-state index contributed by atoms with van der Waals surface area (Å²) in [4.78, 5) is 17.8. The zero-order valence-corrected chi connectivity index (χ0v) is 17.6. The van der Waals surface area contributed by atoms with Crippen LogP contribution in [0.1, 0.15) is 45.4 Å². The van der Waals surface area contributed by atoms with Crippen molar-refractivity contribution >= 4 is 35.8 Å². The van der Waals surface area contributed by atoms with E-state index in [1.165, 1.54) is 38.5 Å². The number of rotatable bonds is 5. The fourth-order valence-corrected chi connectivity index (χ4v) is 5.41. The first-order valence-corrected chi connectivity index (χ1v) is 9.22. The number of hydrogen-bond acceptors (Lipinski definition) is 2. The monoisotopic (exact) mass is 448 g/mol. The van der Waals surface area contributed by atoms with Crippen LogP contribution in [0, 0.1) is 23.2 Å². The molecule has 4 aliphatic rings. The van der Waals surface area contributed by atoms with Crippen molar-refractivity contribution in [3.8, 4) is 0 Å². The van der Waals surface area contributed by atoms with Gasteiger partial charge in [0.25, 0.3) is 0 Å². The van der Waals surface area contributed by atoms with Gasteiger partial charge in [-0.05, 0) is 68.6 Å². The minimum Gasteiger partial charge on any atom is -0.357 e. The Bertz CT molecular complexity index is 442. The molecule has 2 N–H and O–H groups in total. The highest BCUT2D eigenvalue weighted by Crippen LogP contribution is 2.59. The van der Waals surface area contributed by atoms with Crippen molar-refractivity contribution in [1.29, 1.82) is 0 Å². The summed E-state index contributed by atoms with van der Waals surface area (Å²) in [5.74, 6) is 3.74. The van der Waals surface area contributed by atoms with Gasteiger partial charge in [0.05, 0.1) is 0 Å². The van der Waals surface area contributed by atoms with E-state index in [9.17, 15) is 4.79 Å². The molecule has 138 valence electrons. The summed E-state index contributed by atoms with van der Waals surface area (Å²) < 4.78 is 0. The number of carbonyl (C=O) groups is 1. The van der Waals surface area contributed by atoms with Crippen LogP contribution in [-0.2, 0) is 4.79 Å². The third kappa shape index (κ3) is 4.55. The van der Waals surface area contributed by atoms with E-state index in [1.807, 2.05) is 0 Å². The Morgan fingerprint density at radius 1 is 1.08 bits per heavy atom. The van der Waals surface area contributed by atoms with Crippen LogP contribution in [0.5, 0.6) is 0 Å². The maximum atomic E-state index is 11.7. The Morgan fingerprint density at radius 3 is 2.08 bits per heavy atom. The van der Waals surface area contributed by atoms with Crippen LogP contribution in [0.25, 0.3) is 0 Å². The Kier molecular flexibility index (Phi) is 6.79. The highest BCUT2D eigenvalue weighted by atomic mass is 127. The van der Waals surface area contributed by atoms with Crippen molar-refractivity contribution in [2.45, 2.75) is 45.4 Å². The molecule has 1 amide bonds. The lowest BCUT2D eigenvalue weighted by atomic mass is 9.49. The largest absolute Gasteiger partial charge is 0.357 e. The number of likely N-dealkylation sites (N-methyl/N-ethyl adjacent to an activating group) is 1. The molecule has 0 aromatic carbocycles. The lowest BCUT2D eigenvalue weighted by Gasteiger charge is -2.57. The first kappa shape index (κ1) is 19.8. The van der Waals surface area contributed by atoms with E-state index in [2.05, 4.69) is 22.5 Å². The van der Waals surface area contributed by atoms with Crippen LogP contribution in [0.2, 0.25) is 0 Å². The van der Waals surface area contributed by atoms with E-state index in [0.29, 0.717) is 5.41 Å². The molecule has 0 spiro atoms. The second-order valence-electron chi connectivity index (χ2n) is 8.25. The van der Waals surface area contributed by atoms with E-state index in [-0.39, 0.29) is 36.4 Å². The van der Waals surface area contributed by atoms with Crippen LogP contribution in [0.3, 0.4) is 0 Å². The fraction of sp³-hybridized carbons (Fsp3) is 0.889. The normalized spacial score (nSPS) is 33.8. The number of nitrogens with one attached hydrogen (secondary N) is 2. The molecule has 4 fully saturated rings. The van der Waals surface area contributed by atoms with Gasteiger partial charge < -0.3 is 15.5 Å². The maximum absolute atomic E-state index is 11.7. The summed E-state index contributed by atoms with van der Waals surface area (Å²) in [6, 6.07) is 0. The Balaban J connectivity index is 0.00000208. The molecule has 0 unspecified atom stereocenters. The zero-order valence-electron chi connectivity index (χ0n) is 15.3. The zero-order chi connectivity index (χ0) is 16.4. The topological polar surface area (TPSA) is 56.7 Å². The van der Waals surface area contributed by atoms with E-state index in [1.54, 1.807) is 19.0 Å². The van der Waals surface area contributed by atoms with Crippen molar-refractivity contribution in [3.63, 3.8) is 0 Å². The first-order chi connectivity index (χ1) is 11.0. The van der Waals surface area contributed by atoms with E-state index >= 15 is 0 Å². The average molecular weight is 448 g/mol. The predicted molar refractivity (Wildman–Crippen MR) is 109 cm³/mol. The van der Waals surface area contributed by atoms with Gasteiger partial charge in [-0.15, -0.1) is 24.0 Å². The van der Waals surface area contributed by atoms with Crippen LogP contribution >= 0.6 is 24.0 Å². The summed E-state index contributed by atoms with van der Waals surface area (Å²) in [7, 11) is 3.54. The molecule has 0 radical (unpaired) electrons. The molecular formula is C18H33IN4O. The number of aliphatic imine (C=N–C) groups is 1. The molecule has 0 atom stereocenters. The van der Waals surface area contributed by atoms with Crippen molar-refractivity contribution in [1.82, 2.24) is 15.5 Å². The molecule has 6 heteroatoms. The molecule has 4 bridgehead atoms. The molecule has 0 heterocycles. The van der Waals surface area contributed by atoms with Crippen LogP contribution in [-0.4, -0.2) is 50.5 Å². The van der Waals surface area contributed by atoms with Gasteiger partial charge in [0.2, 0.25) is 5.91 Å². The quantitative estimate of drug-likeness (QED) is 0.386. The molecule has 24 heavy (non-hydrogen) atoms. The van der Waals surface area contributed by atoms with Crippen molar-refractivity contribution in [3.05, 3.63) is 0 Å². The molecule has 5 nitrogen and oxygen atoms in total. The first-order valence-electron chi connectivity index (χ1n) is 9.22.